The summed E-state index contributed by atoms with van der Waals surface area (Å²) in [5.41, 5.74) is 0. The molecule has 0 aromatic heterocycles. The number of ether oxygens (including phenoxy) is 2. The smallest absolute Gasteiger partial charge is 0.433 e. The summed E-state index contributed by atoms with van der Waals surface area (Å²) in [6, 6.07) is 0. The molecule has 11 heavy (non-hydrogen) atoms. The van der Waals surface area contributed by atoms with Crippen molar-refractivity contribution in [3.8, 4) is 0 Å². The van der Waals surface area contributed by atoms with Gasteiger partial charge >= 0.3 is 12.1 Å². The van der Waals surface area contributed by atoms with Crippen LogP contribution in [-0.4, -0.2) is 32.0 Å². The molecule has 5 nitrogen and oxygen atoms in total. The highest BCUT2D eigenvalue weighted by Gasteiger charge is 1.97. The van der Waals surface area contributed by atoms with Crippen LogP contribution in [0.2, 0.25) is 0 Å². The fraction of sp³-hybridized carbons (Fsp3) is 0.500. The molecule has 0 spiro atoms. The van der Waals surface area contributed by atoms with E-state index in [1.807, 2.05) is 0 Å². The van der Waals surface area contributed by atoms with E-state index in [1.165, 1.54) is 7.11 Å². The van der Waals surface area contributed by atoms with E-state index in [0.717, 1.165) is 6.21 Å². The molecule has 0 saturated heterocycles. The van der Waals surface area contributed by atoms with Crippen LogP contribution in [0.4, 0.5) is 4.79 Å². The van der Waals surface area contributed by atoms with Crippen LogP contribution < -0.4 is 0 Å². The maximum Gasteiger partial charge on any atom is 0.433 e. The summed E-state index contributed by atoms with van der Waals surface area (Å²) in [6.07, 6.45) is -0.0317. The second-order valence-electron chi connectivity index (χ2n) is 1.48. The number of hydrogen-bond donors (Lipinski definition) is 0. The van der Waals surface area contributed by atoms with Crippen LogP contribution in [0.25, 0.3) is 0 Å². The molecule has 0 atom stereocenters. The monoisotopic (exact) mass is 159 g/mol. The third-order valence-electron chi connectivity index (χ3n) is 0.744. The third kappa shape index (κ3) is 5.07. The van der Waals surface area contributed by atoms with E-state index in [1.54, 1.807) is 6.92 Å². The molecule has 0 N–H and O–H groups in total. The summed E-state index contributed by atoms with van der Waals surface area (Å²) < 4.78 is 8.57. The van der Waals surface area contributed by atoms with Crippen LogP contribution >= 0.6 is 0 Å². The summed E-state index contributed by atoms with van der Waals surface area (Å²) in [6.45, 7) is 1.88. The predicted molar refractivity (Wildman–Crippen MR) is 37.5 cm³/mol. The van der Waals surface area contributed by atoms with E-state index in [2.05, 4.69) is 14.5 Å². The molecule has 0 rings (SSSR count). The number of carbonyl (C=O) groups excluding carboxylic acids is 2. The Morgan fingerprint density at radius 2 is 2.18 bits per heavy atom. The van der Waals surface area contributed by atoms with Crippen molar-refractivity contribution < 1.29 is 19.1 Å². The van der Waals surface area contributed by atoms with Crippen molar-refractivity contribution in [2.45, 2.75) is 6.92 Å². The molecule has 62 valence electrons. The highest BCUT2D eigenvalue weighted by Crippen LogP contribution is 1.81. The van der Waals surface area contributed by atoms with Gasteiger partial charge in [-0.25, -0.2) is 9.59 Å². The van der Waals surface area contributed by atoms with Gasteiger partial charge in [0.1, 0.15) is 6.21 Å². The van der Waals surface area contributed by atoms with Crippen molar-refractivity contribution >= 4 is 18.3 Å². The van der Waals surface area contributed by atoms with Crippen LogP contribution in [0.3, 0.4) is 0 Å². The molecule has 0 unspecified atom stereocenters. The van der Waals surface area contributed by atoms with Gasteiger partial charge in [0.15, 0.2) is 0 Å². The van der Waals surface area contributed by atoms with E-state index in [-0.39, 0.29) is 6.61 Å². The van der Waals surface area contributed by atoms with Crippen LogP contribution in [0.15, 0.2) is 4.99 Å². The summed E-state index contributed by atoms with van der Waals surface area (Å²) in [5.74, 6) is -0.682. The average Bonchev–Trinajstić information content (AvgIpc) is 2.01. The highest BCUT2D eigenvalue weighted by atomic mass is 16.5. The van der Waals surface area contributed by atoms with Gasteiger partial charge in [-0.05, 0) is 6.92 Å². The second kappa shape index (κ2) is 5.40. The molecular formula is C6H9NO4. The molecule has 0 aromatic rings. The van der Waals surface area contributed by atoms with Crippen molar-refractivity contribution in [1.82, 2.24) is 0 Å². The predicted octanol–water partition coefficient (Wildman–Crippen LogP) is 0.387. The zero-order valence-corrected chi connectivity index (χ0v) is 6.36. The molecule has 0 aliphatic rings. The summed E-state index contributed by atoms with van der Waals surface area (Å²) in [5, 5.41) is 0. The summed E-state index contributed by atoms with van der Waals surface area (Å²) in [4.78, 5) is 23.9. The molecule has 5 heteroatoms. The number of hydrogen-bond acceptors (Lipinski definition) is 4. The van der Waals surface area contributed by atoms with Crippen molar-refractivity contribution in [1.29, 1.82) is 0 Å². The molecule has 0 aliphatic heterocycles. The zero-order valence-electron chi connectivity index (χ0n) is 6.36. The number of methoxy groups -OCH3 is 1. The molecule has 0 aliphatic carbocycles. The SMILES string of the molecule is CCOC(=O)N=CC(=O)OC. The van der Waals surface area contributed by atoms with Crippen molar-refractivity contribution in [3.05, 3.63) is 0 Å². The topological polar surface area (TPSA) is 65.0 Å². The van der Waals surface area contributed by atoms with Crippen molar-refractivity contribution in [2.24, 2.45) is 4.99 Å². The third-order valence-corrected chi connectivity index (χ3v) is 0.744. The lowest BCUT2D eigenvalue weighted by molar-refractivity contribution is -0.132. The average molecular weight is 159 g/mol. The van der Waals surface area contributed by atoms with E-state index >= 15 is 0 Å². The van der Waals surface area contributed by atoms with Gasteiger partial charge < -0.3 is 9.47 Å². The number of aliphatic imine (C=N–C) groups is 1. The van der Waals surface area contributed by atoms with Crippen LogP contribution in [0.5, 0.6) is 0 Å². The number of carbonyl (C=O) groups is 2. The van der Waals surface area contributed by atoms with Gasteiger partial charge in [-0.3, -0.25) is 0 Å². The molecule has 0 aromatic carbocycles. The lowest BCUT2D eigenvalue weighted by Gasteiger charge is -1.92. The minimum absolute atomic E-state index is 0.233. The number of nitrogens with zero attached hydrogens (tertiary/aromatic N) is 1. The first-order chi connectivity index (χ1) is 5.20. The largest absolute Gasteiger partial charge is 0.465 e. The standard InChI is InChI=1S/C6H9NO4/c1-3-11-6(9)7-4-5(8)10-2/h4H,3H2,1-2H3. The summed E-state index contributed by atoms with van der Waals surface area (Å²) in [7, 11) is 1.19. The van der Waals surface area contributed by atoms with Crippen LogP contribution in [0, 0.1) is 0 Å². The minimum atomic E-state index is -0.794. The Labute approximate surface area is 64.0 Å². The maximum atomic E-state index is 10.4. The normalized spacial score (nSPS) is 9.64. The van der Waals surface area contributed by atoms with Crippen molar-refractivity contribution in [2.75, 3.05) is 13.7 Å². The Morgan fingerprint density at radius 1 is 1.55 bits per heavy atom. The Morgan fingerprint density at radius 3 is 2.64 bits per heavy atom. The number of amides is 1. The maximum absolute atomic E-state index is 10.4. The van der Waals surface area contributed by atoms with Crippen molar-refractivity contribution in [3.63, 3.8) is 0 Å². The molecule has 0 saturated carbocycles. The van der Waals surface area contributed by atoms with Gasteiger partial charge in [-0.1, -0.05) is 0 Å². The van der Waals surface area contributed by atoms with E-state index in [9.17, 15) is 9.59 Å². The Balaban J connectivity index is 3.73. The van der Waals surface area contributed by atoms with Gasteiger partial charge in [0, 0.05) is 0 Å². The lowest BCUT2D eigenvalue weighted by atomic mass is 10.7. The Hall–Kier alpha value is -1.39. The molecule has 1 amide bonds. The van der Waals surface area contributed by atoms with Gasteiger partial charge in [0.25, 0.3) is 0 Å². The summed E-state index contributed by atoms with van der Waals surface area (Å²) >= 11 is 0. The quantitative estimate of drug-likeness (QED) is 0.431. The molecule has 0 radical (unpaired) electrons. The first-order valence-electron chi connectivity index (χ1n) is 2.99. The fourth-order valence-electron chi connectivity index (χ4n) is 0.319. The molecule has 0 fully saturated rings. The Bertz CT molecular complexity index is 175. The van der Waals surface area contributed by atoms with E-state index < -0.39 is 12.1 Å². The van der Waals surface area contributed by atoms with Gasteiger partial charge in [-0.2, -0.15) is 4.99 Å². The van der Waals surface area contributed by atoms with E-state index in [0.29, 0.717) is 0 Å². The van der Waals surface area contributed by atoms with Gasteiger partial charge in [0.05, 0.1) is 13.7 Å². The highest BCUT2D eigenvalue weighted by molar-refractivity contribution is 6.24. The van der Waals surface area contributed by atoms with Gasteiger partial charge in [-0.15, -0.1) is 0 Å². The zero-order chi connectivity index (χ0) is 8.69. The first kappa shape index (κ1) is 9.61. The first-order valence-corrected chi connectivity index (χ1v) is 2.99. The van der Waals surface area contributed by atoms with Crippen LogP contribution in [-0.2, 0) is 14.3 Å². The fourth-order valence-corrected chi connectivity index (χ4v) is 0.319. The number of rotatable bonds is 2. The van der Waals surface area contributed by atoms with Crippen LogP contribution in [0.1, 0.15) is 6.92 Å². The lowest BCUT2D eigenvalue weighted by Crippen LogP contribution is -2.05. The molecular weight excluding hydrogens is 150 g/mol. The van der Waals surface area contributed by atoms with E-state index in [4.69, 9.17) is 0 Å². The minimum Gasteiger partial charge on any atom is -0.465 e. The second-order valence-corrected chi connectivity index (χ2v) is 1.48. The van der Waals surface area contributed by atoms with Gasteiger partial charge in [0.2, 0.25) is 0 Å². The molecule has 0 bridgehead atoms. The Kier molecular flexibility index (Phi) is 4.72. The number of esters is 1. The molecule has 0 heterocycles.